The number of carbonyl (C=O) groups excluding carboxylic acids is 2. The number of esters is 1. The number of aromatic nitrogens is 3. The maximum atomic E-state index is 11.8. The molecule has 2 rings (SSSR count). The number of nitrogens with zero attached hydrogens (tertiary/aromatic N) is 3. The van der Waals surface area contributed by atoms with Gasteiger partial charge in [0.25, 0.3) is 0 Å². The second-order valence-corrected chi connectivity index (χ2v) is 4.16. The molecule has 0 bridgehead atoms. The third kappa shape index (κ3) is 3.75. The van der Waals surface area contributed by atoms with E-state index >= 15 is 0 Å². The van der Waals surface area contributed by atoms with Gasteiger partial charge in [0.15, 0.2) is 5.82 Å². The van der Waals surface area contributed by atoms with Crippen molar-refractivity contribution in [1.82, 2.24) is 15.0 Å². The van der Waals surface area contributed by atoms with E-state index in [0.717, 1.165) is 0 Å². The lowest BCUT2D eigenvalue weighted by Gasteiger charge is -2.05. The molecule has 1 N–H and O–H groups in total. The van der Waals surface area contributed by atoms with Crippen LogP contribution in [0.25, 0.3) is 0 Å². The highest BCUT2D eigenvalue weighted by atomic mass is 16.5. The van der Waals surface area contributed by atoms with Crippen molar-refractivity contribution in [3.63, 3.8) is 0 Å². The van der Waals surface area contributed by atoms with E-state index in [9.17, 15) is 9.59 Å². The molecule has 0 spiro atoms. The summed E-state index contributed by atoms with van der Waals surface area (Å²) in [4.78, 5) is 23.0. The maximum Gasteiger partial charge on any atom is 0.327 e. The lowest BCUT2D eigenvalue weighted by atomic mass is 10.1. The molecule has 1 aliphatic rings. The van der Waals surface area contributed by atoms with Crippen LogP contribution in [0.4, 0.5) is 5.82 Å². The zero-order valence-electron chi connectivity index (χ0n) is 10.7. The van der Waals surface area contributed by atoms with Gasteiger partial charge in [0.1, 0.15) is 6.54 Å². The Hall–Kier alpha value is -1.96. The normalized spacial score (nSPS) is 18.3. The molecule has 1 aromatic heterocycles. The van der Waals surface area contributed by atoms with E-state index in [1.54, 1.807) is 6.92 Å². The van der Waals surface area contributed by atoms with E-state index in [4.69, 9.17) is 9.47 Å². The zero-order valence-corrected chi connectivity index (χ0v) is 10.7. The maximum absolute atomic E-state index is 11.8. The molecule has 0 saturated carbocycles. The van der Waals surface area contributed by atoms with Gasteiger partial charge in [-0.05, 0) is 13.3 Å². The van der Waals surface area contributed by atoms with Crippen LogP contribution in [-0.4, -0.2) is 46.7 Å². The fourth-order valence-electron chi connectivity index (χ4n) is 1.74. The minimum absolute atomic E-state index is 0.0246. The summed E-state index contributed by atoms with van der Waals surface area (Å²) in [6.07, 6.45) is 2.20. The molecular formula is C11H16N4O4. The van der Waals surface area contributed by atoms with Crippen LogP contribution in [0.15, 0.2) is 6.20 Å². The third-order valence-corrected chi connectivity index (χ3v) is 2.69. The number of nitrogens with one attached hydrogen (secondary N) is 1. The number of hydrogen-bond acceptors (Lipinski definition) is 6. The lowest BCUT2D eigenvalue weighted by Crippen LogP contribution is -2.23. The number of hydrogen-bond donors (Lipinski definition) is 1. The van der Waals surface area contributed by atoms with Crippen LogP contribution >= 0.6 is 0 Å². The van der Waals surface area contributed by atoms with Gasteiger partial charge in [0.2, 0.25) is 5.91 Å². The van der Waals surface area contributed by atoms with Crippen LogP contribution in [0.3, 0.4) is 0 Å². The van der Waals surface area contributed by atoms with E-state index < -0.39 is 5.97 Å². The fraction of sp³-hybridized carbons (Fsp3) is 0.636. The first-order valence-electron chi connectivity index (χ1n) is 6.13. The van der Waals surface area contributed by atoms with Gasteiger partial charge in [-0.15, -0.1) is 5.10 Å². The molecular weight excluding hydrogens is 252 g/mol. The molecule has 0 aromatic carbocycles. The van der Waals surface area contributed by atoms with Crippen LogP contribution in [0.2, 0.25) is 0 Å². The second-order valence-electron chi connectivity index (χ2n) is 4.16. The van der Waals surface area contributed by atoms with Crippen molar-refractivity contribution in [3.8, 4) is 0 Å². The van der Waals surface area contributed by atoms with Crippen molar-refractivity contribution in [2.24, 2.45) is 5.92 Å². The summed E-state index contributed by atoms with van der Waals surface area (Å²) in [7, 11) is 0. The van der Waals surface area contributed by atoms with Crippen LogP contribution < -0.4 is 5.32 Å². The smallest absolute Gasteiger partial charge is 0.327 e. The van der Waals surface area contributed by atoms with Crippen molar-refractivity contribution < 1.29 is 19.1 Å². The third-order valence-electron chi connectivity index (χ3n) is 2.69. The van der Waals surface area contributed by atoms with Gasteiger partial charge in [-0.2, -0.15) is 0 Å². The summed E-state index contributed by atoms with van der Waals surface area (Å²) >= 11 is 0. The summed E-state index contributed by atoms with van der Waals surface area (Å²) in [5, 5.41) is 10.2. The Labute approximate surface area is 110 Å². The molecule has 104 valence electrons. The number of ether oxygens (including phenoxy) is 2. The van der Waals surface area contributed by atoms with E-state index in [-0.39, 0.29) is 18.4 Å². The Morgan fingerprint density at radius 3 is 3.16 bits per heavy atom. The first kappa shape index (κ1) is 13.5. The second kappa shape index (κ2) is 6.28. The first-order valence-corrected chi connectivity index (χ1v) is 6.13. The number of anilines is 1. The van der Waals surface area contributed by atoms with Crippen molar-refractivity contribution in [2.45, 2.75) is 19.9 Å². The van der Waals surface area contributed by atoms with Gasteiger partial charge in [0.05, 0.1) is 25.3 Å². The van der Waals surface area contributed by atoms with Crippen molar-refractivity contribution in [2.75, 3.05) is 25.1 Å². The van der Waals surface area contributed by atoms with Crippen LogP contribution in [0.5, 0.6) is 0 Å². The SMILES string of the molecule is CCOC(=O)Cn1cc(NC(=O)C2CCOC2)nn1. The highest BCUT2D eigenvalue weighted by Crippen LogP contribution is 2.14. The van der Waals surface area contributed by atoms with Gasteiger partial charge in [-0.3, -0.25) is 9.59 Å². The molecule has 8 nitrogen and oxygen atoms in total. The molecule has 2 heterocycles. The molecule has 1 amide bonds. The molecule has 1 saturated heterocycles. The molecule has 0 aliphatic carbocycles. The monoisotopic (exact) mass is 268 g/mol. The predicted molar refractivity (Wildman–Crippen MR) is 64.2 cm³/mol. The summed E-state index contributed by atoms with van der Waals surface area (Å²) in [6, 6.07) is 0. The molecule has 1 fully saturated rings. The van der Waals surface area contributed by atoms with Gasteiger partial charge >= 0.3 is 5.97 Å². The molecule has 0 radical (unpaired) electrons. The summed E-state index contributed by atoms with van der Waals surface area (Å²) in [6.45, 7) is 3.06. The fourth-order valence-corrected chi connectivity index (χ4v) is 1.74. The Morgan fingerprint density at radius 1 is 1.63 bits per heavy atom. The van der Waals surface area contributed by atoms with Crippen molar-refractivity contribution in [1.29, 1.82) is 0 Å². The zero-order chi connectivity index (χ0) is 13.7. The Bertz CT molecular complexity index is 453. The summed E-state index contributed by atoms with van der Waals surface area (Å²) in [5.74, 6) is -0.355. The van der Waals surface area contributed by atoms with Crippen molar-refractivity contribution in [3.05, 3.63) is 6.20 Å². The predicted octanol–water partition coefficient (Wildman–Crippen LogP) is -0.184. The topological polar surface area (TPSA) is 95.3 Å². The molecule has 1 atom stereocenters. The van der Waals surface area contributed by atoms with E-state index in [2.05, 4.69) is 15.6 Å². The number of carbonyl (C=O) groups is 2. The summed E-state index contributed by atoms with van der Waals surface area (Å²) < 4.78 is 11.2. The van der Waals surface area contributed by atoms with E-state index in [0.29, 0.717) is 32.1 Å². The molecule has 1 aliphatic heterocycles. The number of rotatable bonds is 5. The van der Waals surface area contributed by atoms with Gasteiger partial charge in [0, 0.05) is 6.61 Å². The highest BCUT2D eigenvalue weighted by Gasteiger charge is 2.24. The Morgan fingerprint density at radius 2 is 2.47 bits per heavy atom. The number of amides is 1. The standard InChI is InChI=1S/C11H16N4O4/c1-2-19-10(16)6-15-5-9(13-14-15)12-11(17)8-3-4-18-7-8/h5,8H,2-4,6-7H2,1H3,(H,12,17). The lowest BCUT2D eigenvalue weighted by molar-refractivity contribution is -0.144. The molecule has 19 heavy (non-hydrogen) atoms. The largest absolute Gasteiger partial charge is 0.465 e. The average Bonchev–Trinajstić information content (AvgIpc) is 3.00. The minimum atomic E-state index is -0.394. The minimum Gasteiger partial charge on any atom is -0.465 e. The van der Waals surface area contributed by atoms with Gasteiger partial charge < -0.3 is 14.8 Å². The quantitative estimate of drug-likeness (QED) is 0.744. The van der Waals surface area contributed by atoms with Crippen molar-refractivity contribution >= 4 is 17.7 Å². The van der Waals surface area contributed by atoms with Gasteiger partial charge in [-0.1, -0.05) is 5.21 Å². The van der Waals surface area contributed by atoms with Crippen LogP contribution in [-0.2, 0) is 25.6 Å². The average molecular weight is 268 g/mol. The highest BCUT2D eigenvalue weighted by molar-refractivity contribution is 5.91. The molecule has 1 aromatic rings. The Balaban J connectivity index is 1.86. The van der Waals surface area contributed by atoms with E-state index in [1.807, 2.05) is 0 Å². The van der Waals surface area contributed by atoms with Gasteiger partial charge in [-0.25, -0.2) is 4.68 Å². The first-order chi connectivity index (χ1) is 9.19. The Kier molecular flexibility index (Phi) is 4.45. The molecule has 1 unspecified atom stereocenters. The van der Waals surface area contributed by atoms with Crippen LogP contribution in [0.1, 0.15) is 13.3 Å². The summed E-state index contributed by atoms with van der Waals surface area (Å²) in [5.41, 5.74) is 0. The van der Waals surface area contributed by atoms with E-state index in [1.165, 1.54) is 10.9 Å². The molecule has 8 heteroatoms. The van der Waals surface area contributed by atoms with Crippen LogP contribution in [0, 0.1) is 5.92 Å².